The Balaban J connectivity index is 3.51. The van der Waals surface area contributed by atoms with Gasteiger partial charge in [0.2, 0.25) is 0 Å². The summed E-state index contributed by atoms with van der Waals surface area (Å²) in [6.45, 7) is 5.04. The van der Waals surface area contributed by atoms with Gasteiger partial charge in [0.25, 0.3) is 0 Å². The van der Waals surface area contributed by atoms with Crippen LogP contribution in [0.25, 0.3) is 0 Å². The molecule has 0 fully saturated rings. The standard InChI is InChI=1S/C26H46O4/c1-3-5-7-9-10-11-12-13-14-15-16-17-18-20-22-29-24-25(23-27)30-26(28)21-19-8-6-4-2/h5,7,10-11,13-14,25,27H,3-4,6,8-9,12,15-24H2,1-2H3/b7-5-,11-10-,14-13-. The first-order valence-electron chi connectivity index (χ1n) is 12.1. The molecule has 0 aliphatic carbocycles. The normalized spacial score (nSPS) is 13.0. The maximum atomic E-state index is 11.7. The van der Waals surface area contributed by atoms with Gasteiger partial charge < -0.3 is 14.6 Å². The van der Waals surface area contributed by atoms with E-state index in [4.69, 9.17) is 9.47 Å². The van der Waals surface area contributed by atoms with E-state index < -0.39 is 6.10 Å². The number of allylic oxidation sites excluding steroid dienone is 6. The second-order valence-corrected chi connectivity index (χ2v) is 7.68. The molecule has 174 valence electrons. The molecule has 0 saturated carbocycles. The van der Waals surface area contributed by atoms with Gasteiger partial charge in [0, 0.05) is 13.0 Å². The lowest BCUT2D eigenvalue weighted by Gasteiger charge is -2.15. The Kier molecular flexibility index (Phi) is 22.8. The Morgan fingerprint density at radius 2 is 1.50 bits per heavy atom. The van der Waals surface area contributed by atoms with Crippen LogP contribution in [0, 0.1) is 0 Å². The van der Waals surface area contributed by atoms with Crippen molar-refractivity contribution in [3.05, 3.63) is 36.5 Å². The zero-order valence-corrected chi connectivity index (χ0v) is 19.5. The number of esters is 1. The Hall–Kier alpha value is -1.39. The van der Waals surface area contributed by atoms with E-state index in [1.165, 1.54) is 12.8 Å². The quantitative estimate of drug-likeness (QED) is 0.127. The van der Waals surface area contributed by atoms with Gasteiger partial charge in [0.1, 0.15) is 6.10 Å². The van der Waals surface area contributed by atoms with E-state index in [-0.39, 0.29) is 19.2 Å². The summed E-state index contributed by atoms with van der Waals surface area (Å²) in [4.78, 5) is 11.7. The lowest BCUT2D eigenvalue weighted by atomic mass is 10.1. The summed E-state index contributed by atoms with van der Waals surface area (Å²) < 4.78 is 10.8. The van der Waals surface area contributed by atoms with Crippen LogP contribution in [0.5, 0.6) is 0 Å². The van der Waals surface area contributed by atoms with E-state index >= 15 is 0 Å². The first-order valence-corrected chi connectivity index (χ1v) is 12.1. The molecule has 0 rings (SSSR count). The highest BCUT2D eigenvalue weighted by molar-refractivity contribution is 5.69. The molecule has 0 aromatic heterocycles. The summed E-state index contributed by atoms with van der Waals surface area (Å²) in [6.07, 6.45) is 26.3. The van der Waals surface area contributed by atoms with Gasteiger partial charge in [-0.1, -0.05) is 82.4 Å². The number of carbonyl (C=O) groups excluding carboxylic acids is 1. The molecule has 1 unspecified atom stereocenters. The van der Waals surface area contributed by atoms with Gasteiger partial charge in [-0.05, 0) is 44.9 Å². The summed E-state index contributed by atoms with van der Waals surface area (Å²) >= 11 is 0. The third-order valence-electron chi connectivity index (χ3n) is 4.73. The zero-order valence-electron chi connectivity index (χ0n) is 19.5. The molecule has 0 aliphatic heterocycles. The lowest BCUT2D eigenvalue weighted by Crippen LogP contribution is -2.27. The molecule has 0 aromatic carbocycles. The van der Waals surface area contributed by atoms with Crippen molar-refractivity contribution in [3.8, 4) is 0 Å². The molecule has 0 amide bonds. The number of unbranched alkanes of at least 4 members (excludes halogenated alkanes) is 7. The maximum Gasteiger partial charge on any atom is 0.306 e. The Labute approximate surface area is 185 Å². The molecule has 4 heteroatoms. The molecule has 1 N–H and O–H groups in total. The van der Waals surface area contributed by atoms with E-state index in [2.05, 4.69) is 50.3 Å². The summed E-state index contributed by atoms with van der Waals surface area (Å²) in [5, 5.41) is 9.34. The van der Waals surface area contributed by atoms with Crippen molar-refractivity contribution in [1.82, 2.24) is 0 Å². The highest BCUT2D eigenvalue weighted by Crippen LogP contribution is 2.07. The molecule has 0 heterocycles. The number of carbonyl (C=O) groups is 1. The average Bonchev–Trinajstić information content (AvgIpc) is 2.75. The fourth-order valence-electron chi connectivity index (χ4n) is 2.93. The topological polar surface area (TPSA) is 55.8 Å². The van der Waals surface area contributed by atoms with Gasteiger partial charge in [0.15, 0.2) is 0 Å². The van der Waals surface area contributed by atoms with Crippen molar-refractivity contribution in [2.45, 2.75) is 103 Å². The molecular weight excluding hydrogens is 376 g/mol. The largest absolute Gasteiger partial charge is 0.457 e. The van der Waals surface area contributed by atoms with Crippen molar-refractivity contribution >= 4 is 5.97 Å². The minimum Gasteiger partial charge on any atom is -0.457 e. The van der Waals surface area contributed by atoms with Crippen molar-refractivity contribution in [3.63, 3.8) is 0 Å². The molecule has 0 saturated heterocycles. The summed E-state index contributed by atoms with van der Waals surface area (Å²) in [5.74, 6) is -0.231. The van der Waals surface area contributed by atoms with Crippen molar-refractivity contribution in [2.75, 3.05) is 19.8 Å². The van der Waals surface area contributed by atoms with Crippen LogP contribution in [0.1, 0.15) is 97.3 Å². The van der Waals surface area contributed by atoms with Crippen molar-refractivity contribution in [2.24, 2.45) is 0 Å². The predicted octanol–water partition coefficient (Wildman–Crippen LogP) is 6.69. The van der Waals surface area contributed by atoms with E-state index in [0.717, 1.165) is 64.2 Å². The molecular formula is C26H46O4. The average molecular weight is 423 g/mol. The number of aliphatic hydroxyl groups excluding tert-OH is 1. The lowest BCUT2D eigenvalue weighted by molar-refractivity contribution is -0.154. The molecule has 0 aromatic rings. The van der Waals surface area contributed by atoms with Gasteiger partial charge >= 0.3 is 5.97 Å². The van der Waals surface area contributed by atoms with Crippen LogP contribution in [-0.2, 0) is 14.3 Å². The second-order valence-electron chi connectivity index (χ2n) is 7.68. The maximum absolute atomic E-state index is 11.7. The fraction of sp³-hybridized carbons (Fsp3) is 0.731. The van der Waals surface area contributed by atoms with E-state index in [1.807, 2.05) is 0 Å². The molecule has 0 spiro atoms. The first kappa shape index (κ1) is 28.6. The summed E-state index contributed by atoms with van der Waals surface area (Å²) in [6, 6.07) is 0. The van der Waals surface area contributed by atoms with Gasteiger partial charge in [-0.25, -0.2) is 0 Å². The van der Waals surface area contributed by atoms with Crippen molar-refractivity contribution in [1.29, 1.82) is 0 Å². The van der Waals surface area contributed by atoms with Crippen LogP contribution in [0.2, 0.25) is 0 Å². The third kappa shape index (κ3) is 21.3. The predicted molar refractivity (Wildman–Crippen MR) is 127 cm³/mol. The number of hydrogen-bond donors (Lipinski definition) is 1. The van der Waals surface area contributed by atoms with E-state index in [0.29, 0.717) is 13.0 Å². The van der Waals surface area contributed by atoms with Crippen LogP contribution in [-0.4, -0.2) is 37.0 Å². The van der Waals surface area contributed by atoms with Gasteiger partial charge in [-0.15, -0.1) is 0 Å². The monoisotopic (exact) mass is 422 g/mol. The summed E-state index contributed by atoms with van der Waals surface area (Å²) in [5.41, 5.74) is 0. The first-order chi connectivity index (χ1) is 14.7. The van der Waals surface area contributed by atoms with Crippen LogP contribution in [0.4, 0.5) is 0 Å². The fourth-order valence-corrected chi connectivity index (χ4v) is 2.93. The molecule has 0 bridgehead atoms. The molecule has 1 atom stereocenters. The third-order valence-corrected chi connectivity index (χ3v) is 4.73. The van der Waals surface area contributed by atoms with Crippen molar-refractivity contribution < 1.29 is 19.4 Å². The van der Waals surface area contributed by atoms with Gasteiger partial charge in [0.05, 0.1) is 13.2 Å². The van der Waals surface area contributed by atoms with E-state index in [1.54, 1.807) is 0 Å². The zero-order chi connectivity index (χ0) is 22.1. The van der Waals surface area contributed by atoms with Gasteiger partial charge in [-0.2, -0.15) is 0 Å². The SMILES string of the molecule is CC/C=C\C/C=C\C/C=C\CCCCCCOCC(CO)OC(=O)CCCCCC. The second kappa shape index (κ2) is 23.9. The minimum absolute atomic E-state index is 0.183. The molecule has 4 nitrogen and oxygen atoms in total. The number of hydrogen-bond acceptors (Lipinski definition) is 4. The molecule has 0 aliphatic rings. The van der Waals surface area contributed by atoms with Crippen LogP contribution in [0.3, 0.4) is 0 Å². The Morgan fingerprint density at radius 3 is 2.20 bits per heavy atom. The highest BCUT2D eigenvalue weighted by Gasteiger charge is 2.13. The van der Waals surface area contributed by atoms with Crippen LogP contribution >= 0.6 is 0 Å². The number of rotatable bonds is 21. The Bertz CT molecular complexity index is 454. The highest BCUT2D eigenvalue weighted by atomic mass is 16.6. The smallest absolute Gasteiger partial charge is 0.306 e. The van der Waals surface area contributed by atoms with E-state index in [9.17, 15) is 9.90 Å². The van der Waals surface area contributed by atoms with Crippen LogP contribution in [0.15, 0.2) is 36.5 Å². The van der Waals surface area contributed by atoms with Gasteiger partial charge in [-0.3, -0.25) is 4.79 Å². The number of aliphatic hydroxyl groups is 1. The molecule has 30 heavy (non-hydrogen) atoms. The Morgan fingerprint density at radius 1 is 0.833 bits per heavy atom. The molecule has 0 radical (unpaired) electrons. The van der Waals surface area contributed by atoms with Crippen LogP contribution < -0.4 is 0 Å². The minimum atomic E-state index is -0.537. The number of ether oxygens (including phenoxy) is 2. The summed E-state index contributed by atoms with van der Waals surface area (Å²) in [7, 11) is 0.